The van der Waals surface area contributed by atoms with Crippen molar-refractivity contribution in [3.63, 3.8) is 0 Å². The fourth-order valence-electron chi connectivity index (χ4n) is 3.36. The first kappa shape index (κ1) is 17.6. The highest BCUT2D eigenvalue weighted by Gasteiger charge is 2.36. The van der Waals surface area contributed by atoms with Crippen molar-refractivity contribution < 1.29 is 14.3 Å². The lowest BCUT2D eigenvalue weighted by Gasteiger charge is -2.39. The maximum absolute atomic E-state index is 11.7. The van der Waals surface area contributed by atoms with Gasteiger partial charge in [0.1, 0.15) is 6.29 Å². The zero-order valence-electron chi connectivity index (χ0n) is 13.4. The monoisotopic (exact) mass is 285 g/mol. The van der Waals surface area contributed by atoms with Gasteiger partial charge in [-0.15, -0.1) is 0 Å². The number of methoxy groups -OCH3 is 2. The molecule has 0 saturated heterocycles. The minimum Gasteiger partial charge on any atom is -0.385 e. The van der Waals surface area contributed by atoms with Gasteiger partial charge in [0.15, 0.2) is 0 Å². The lowest BCUT2D eigenvalue weighted by Crippen LogP contribution is -2.43. The highest BCUT2D eigenvalue weighted by molar-refractivity contribution is 5.60. The van der Waals surface area contributed by atoms with Crippen molar-refractivity contribution in [1.82, 2.24) is 4.90 Å². The number of carbonyl (C=O) groups is 1. The molecule has 4 nitrogen and oxygen atoms in total. The SMILES string of the molecule is COCCCN(CCOC)CC1(C=O)CCCC(C)C1. The minimum atomic E-state index is -0.140. The molecule has 0 amide bonds. The molecule has 0 N–H and O–H groups in total. The third-order valence-electron chi connectivity index (χ3n) is 4.35. The van der Waals surface area contributed by atoms with Crippen LogP contribution in [0.15, 0.2) is 0 Å². The van der Waals surface area contributed by atoms with Crippen molar-refractivity contribution in [1.29, 1.82) is 0 Å². The second-order valence-corrected chi connectivity index (χ2v) is 6.30. The Morgan fingerprint density at radius 1 is 1.25 bits per heavy atom. The lowest BCUT2D eigenvalue weighted by molar-refractivity contribution is -0.120. The predicted octanol–water partition coefficient (Wildman–Crippen LogP) is 2.37. The maximum Gasteiger partial charge on any atom is 0.127 e. The molecule has 20 heavy (non-hydrogen) atoms. The van der Waals surface area contributed by atoms with Crippen molar-refractivity contribution in [2.75, 3.05) is 47.1 Å². The molecule has 0 aromatic heterocycles. The van der Waals surface area contributed by atoms with E-state index in [0.29, 0.717) is 5.92 Å². The number of hydrogen-bond donors (Lipinski definition) is 0. The van der Waals surface area contributed by atoms with Crippen molar-refractivity contribution in [3.05, 3.63) is 0 Å². The van der Waals surface area contributed by atoms with Gasteiger partial charge in [0.2, 0.25) is 0 Å². The van der Waals surface area contributed by atoms with Gasteiger partial charge >= 0.3 is 0 Å². The normalized spacial score (nSPS) is 26.9. The van der Waals surface area contributed by atoms with E-state index in [1.54, 1.807) is 14.2 Å². The number of carbonyl (C=O) groups excluding carboxylic acids is 1. The molecular formula is C16H31NO3. The summed E-state index contributed by atoms with van der Waals surface area (Å²) in [5.74, 6) is 0.664. The molecule has 4 heteroatoms. The van der Waals surface area contributed by atoms with E-state index in [1.165, 1.54) is 19.1 Å². The summed E-state index contributed by atoms with van der Waals surface area (Å²) < 4.78 is 10.3. The summed E-state index contributed by atoms with van der Waals surface area (Å²) in [5.41, 5.74) is -0.140. The third-order valence-corrected chi connectivity index (χ3v) is 4.35. The molecule has 2 unspecified atom stereocenters. The van der Waals surface area contributed by atoms with Crippen molar-refractivity contribution in [2.24, 2.45) is 11.3 Å². The summed E-state index contributed by atoms with van der Waals surface area (Å²) in [4.78, 5) is 14.1. The quantitative estimate of drug-likeness (QED) is 0.456. The standard InChI is InChI=1S/C16H31NO3/c1-15-6-4-7-16(12-15,14-18)13-17(9-11-20-3)8-5-10-19-2/h14-15H,4-13H2,1-3H3. The molecule has 1 rings (SSSR count). The Morgan fingerprint density at radius 3 is 2.60 bits per heavy atom. The first-order valence-electron chi connectivity index (χ1n) is 7.82. The fourth-order valence-corrected chi connectivity index (χ4v) is 3.36. The van der Waals surface area contributed by atoms with Gasteiger partial charge in [0.05, 0.1) is 6.61 Å². The lowest BCUT2D eigenvalue weighted by atomic mass is 9.70. The Balaban J connectivity index is 2.56. The molecular weight excluding hydrogens is 254 g/mol. The molecule has 1 aliphatic carbocycles. The molecule has 0 radical (unpaired) electrons. The van der Waals surface area contributed by atoms with E-state index in [1.807, 2.05) is 0 Å². The van der Waals surface area contributed by atoms with Crippen molar-refractivity contribution in [2.45, 2.75) is 39.0 Å². The number of ether oxygens (including phenoxy) is 2. The van der Waals surface area contributed by atoms with E-state index in [0.717, 1.165) is 52.1 Å². The van der Waals surface area contributed by atoms with Gasteiger partial charge in [-0.2, -0.15) is 0 Å². The van der Waals surface area contributed by atoms with Gasteiger partial charge in [-0.05, 0) is 25.2 Å². The van der Waals surface area contributed by atoms with Crippen LogP contribution in [0.3, 0.4) is 0 Å². The summed E-state index contributed by atoms with van der Waals surface area (Å²) in [7, 11) is 3.46. The number of nitrogens with zero attached hydrogens (tertiary/aromatic N) is 1. The van der Waals surface area contributed by atoms with E-state index >= 15 is 0 Å². The number of hydrogen-bond acceptors (Lipinski definition) is 4. The highest BCUT2D eigenvalue weighted by atomic mass is 16.5. The molecule has 1 saturated carbocycles. The van der Waals surface area contributed by atoms with Gasteiger partial charge in [-0.1, -0.05) is 19.8 Å². The summed E-state index contributed by atoms with van der Waals surface area (Å²) in [6.45, 7) is 6.49. The maximum atomic E-state index is 11.7. The van der Waals surface area contributed by atoms with Crippen molar-refractivity contribution >= 4 is 6.29 Å². The van der Waals surface area contributed by atoms with Crippen LogP contribution >= 0.6 is 0 Å². The average molecular weight is 285 g/mol. The van der Waals surface area contributed by atoms with E-state index in [9.17, 15) is 4.79 Å². The van der Waals surface area contributed by atoms with E-state index in [2.05, 4.69) is 11.8 Å². The van der Waals surface area contributed by atoms with Crippen LogP contribution in [-0.2, 0) is 14.3 Å². The minimum absolute atomic E-state index is 0.140. The Labute approximate surface area is 123 Å². The average Bonchev–Trinajstić information content (AvgIpc) is 2.45. The van der Waals surface area contributed by atoms with Gasteiger partial charge in [-0.25, -0.2) is 0 Å². The molecule has 0 spiro atoms. The Morgan fingerprint density at radius 2 is 2.00 bits per heavy atom. The Hall–Kier alpha value is -0.450. The molecule has 0 aliphatic heterocycles. The van der Waals surface area contributed by atoms with Crippen LogP contribution in [0.25, 0.3) is 0 Å². The zero-order chi connectivity index (χ0) is 14.8. The molecule has 0 heterocycles. The van der Waals surface area contributed by atoms with Gasteiger partial charge < -0.3 is 14.3 Å². The zero-order valence-corrected chi connectivity index (χ0v) is 13.4. The van der Waals surface area contributed by atoms with E-state index < -0.39 is 0 Å². The summed E-state index contributed by atoms with van der Waals surface area (Å²) in [5, 5.41) is 0. The molecule has 0 aromatic rings. The van der Waals surface area contributed by atoms with Crippen LogP contribution in [0, 0.1) is 11.3 Å². The van der Waals surface area contributed by atoms with Crippen molar-refractivity contribution in [3.8, 4) is 0 Å². The fraction of sp³-hybridized carbons (Fsp3) is 0.938. The van der Waals surface area contributed by atoms with E-state index in [4.69, 9.17) is 9.47 Å². The molecule has 1 fully saturated rings. The van der Waals surface area contributed by atoms with Crippen LogP contribution in [0.1, 0.15) is 39.0 Å². The molecule has 0 bridgehead atoms. The second-order valence-electron chi connectivity index (χ2n) is 6.30. The van der Waals surface area contributed by atoms with Crippen LogP contribution in [0.2, 0.25) is 0 Å². The van der Waals surface area contributed by atoms with Gasteiger partial charge in [0.25, 0.3) is 0 Å². The summed E-state index contributed by atoms with van der Waals surface area (Å²) >= 11 is 0. The molecule has 118 valence electrons. The first-order valence-corrected chi connectivity index (χ1v) is 7.82. The third kappa shape index (κ3) is 5.90. The second kappa shape index (κ2) is 9.48. The molecule has 1 aliphatic rings. The number of aldehydes is 1. The molecule has 0 aromatic carbocycles. The Bertz CT molecular complexity index is 272. The summed E-state index contributed by atoms with van der Waals surface area (Å²) in [6, 6.07) is 0. The van der Waals surface area contributed by atoms with E-state index in [-0.39, 0.29) is 5.41 Å². The van der Waals surface area contributed by atoms with Gasteiger partial charge in [0, 0.05) is 45.9 Å². The predicted molar refractivity (Wildman–Crippen MR) is 80.9 cm³/mol. The van der Waals surface area contributed by atoms with Crippen LogP contribution in [-0.4, -0.2) is 58.3 Å². The highest BCUT2D eigenvalue weighted by Crippen LogP contribution is 2.38. The van der Waals surface area contributed by atoms with Gasteiger partial charge in [-0.3, -0.25) is 4.90 Å². The topological polar surface area (TPSA) is 38.8 Å². The summed E-state index contributed by atoms with van der Waals surface area (Å²) in [6.07, 6.45) is 6.73. The first-order chi connectivity index (χ1) is 9.65. The Kier molecular flexibility index (Phi) is 8.34. The smallest absolute Gasteiger partial charge is 0.127 e. The molecule has 2 atom stereocenters. The largest absolute Gasteiger partial charge is 0.385 e. The van der Waals surface area contributed by atoms with Crippen LogP contribution in [0.4, 0.5) is 0 Å². The van der Waals surface area contributed by atoms with Crippen LogP contribution in [0.5, 0.6) is 0 Å². The number of rotatable bonds is 10. The van der Waals surface area contributed by atoms with Crippen LogP contribution < -0.4 is 0 Å².